The summed E-state index contributed by atoms with van der Waals surface area (Å²) in [5.41, 5.74) is 2.97. The third-order valence-electron chi connectivity index (χ3n) is 3.42. The second kappa shape index (κ2) is 6.85. The lowest BCUT2D eigenvalue weighted by Crippen LogP contribution is -2.30. The molecule has 2 aromatic rings. The van der Waals surface area contributed by atoms with Crippen LogP contribution >= 0.6 is 0 Å². The van der Waals surface area contributed by atoms with Gasteiger partial charge in [0.15, 0.2) is 0 Å². The number of rotatable bonds is 5. The predicted molar refractivity (Wildman–Crippen MR) is 82.6 cm³/mol. The molecule has 0 fully saturated rings. The van der Waals surface area contributed by atoms with Gasteiger partial charge in [0.1, 0.15) is 0 Å². The van der Waals surface area contributed by atoms with E-state index in [0.29, 0.717) is 5.56 Å². The van der Waals surface area contributed by atoms with Crippen LogP contribution in [0.4, 0.5) is 0 Å². The van der Waals surface area contributed by atoms with E-state index in [1.165, 1.54) is 6.20 Å². The summed E-state index contributed by atoms with van der Waals surface area (Å²) < 4.78 is 0. The van der Waals surface area contributed by atoms with Crippen LogP contribution in [0.15, 0.2) is 42.6 Å². The van der Waals surface area contributed by atoms with E-state index in [1.54, 1.807) is 12.1 Å². The molecule has 0 saturated heterocycles. The van der Waals surface area contributed by atoms with E-state index in [1.807, 2.05) is 38.1 Å². The van der Waals surface area contributed by atoms with Crippen LogP contribution in [0.5, 0.6) is 0 Å². The minimum absolute atomic E-state index is 0.171. The molecule has 1 amide bonds. The first-order valence-corrected chi connectivity index (χ1v) is 6.98. The summed E-state index contributed by atoms with van der Waals surface area (Å²) in [4.78, 5) is 27.5. The van der Waals surface area contributed by atoms with E-state index < -0.39 is 12.0 Å². The van der Waals surface area contributed by atoms with E-state index >= 15 is 0 Å². The molecule has 1 aromatic heterocycles. The molecule has 0 aliphatic rings. The van der Waals surface area contributed by atoms with Crippen molar-refractivity contribution in [3.63, 3.8) is 0 Å². The Balaban J connectivity index is 2.23. The number of aryl methyl sites for hydroxylation is 2. The summed E-state index contributed by atoms with van der Waals surface area (Å²) in [6.07, 6.45) is 1.32. The average molecular weight is 298 g/mol. The number of carboxylic acid groups (broad SMARTS) is 1. The van der Waals surface area contributed by atoms with Gasteiger partial charge in [0.05, 0.1) is 18.0 Å². The fourth-order valence-electron chi connectivity index (χ4n) is 2.23. The highest BCUT2D eigenvalue weighted by molar-refractivity contribution is 5.94. The normalized spacial score (nSPS) is 11.7. The molecular weight excluding hydrogens is 280 g/mol. The van der Waals surface area contributed by atoms with Crippen molar-refractivity contribution < 1.29 is 14.7 Å². The third-order valence-corrected chi connectivity index (χ3v) is 3.42. The van der Waals surface area contributed by atoms with Gasteiger partial charge in [0, 0.05) is 11.9 Å². The van der Waals surface area contributed by atoms with Crippen molar-refractivity contribution in [1.82, 2.24) is 10.3 Å². The molecule has 1 atom stereocenters. The minimum atomic E-state index is -0.962. The van der Waals surface area contributed by atoms with E-state index in [2.05, 4.69) is 10.3 Å². The first kappa shape index (κ1) is 15.7. The molecule has 22 heavy (non-hydrogen) atoms. The SMILES string of the molecule is Cc1ccc(C(=O)N[C@@H](CC(=O)O)c2ccccc2C)cn1. The van der Waals surface area contributed by atoms with E-state index in [9.17, 15) is 9.59 Å². The van der Waals surface area contributed by atoms with Crippen LogP contribution in [0.2, 0.25) is 0 Å². The van der Waals surface area contributed by atoms with Gasteiger partial charge in [0.25, 0.3) is 5.91 Å². The average Bonchev–Trinajstić information content (AvgIpc) is 2.47. The van der Waals surface area contributed by atoms with Gasteiger partial charge < -0.3 is 10.4 Å². The predicted octanol–water partition coefficient (Wildman–Crippen LogP) is 2.64. The summed E-state index contributed by atoms with van der Waals surface area (Å²) >= 11 is 0. The summed E-state index contributed by atoms with van der Waals surface area (Å²) in [7, 11) is 0. The summed E-state index contributed by atoms with van der Waals surface area (Å²) in [6, 6.07) is 10.3. The molecule has 0 spiro atoms. The Kier molecular flexibility index (Phi) is 4.88. The zero-order valence-corrected chi connectivity index (χ0v) is 12.5. The molecule has 0 bridgehead atoms. The van der Waals surface area contributed by atoms with E-state index in [-0.39, 0.29) is 12.3 Å². The Morgan fingerprint density at radius 2 is 1.91 bits per heavy atom. The molecule has 0 aliphatic heterocycles. The third kappa shape index (κ3) is 3.91. The van der Waals surface area contributed by atoms with E-state index in [4.69, 9.17) is 5.11 Å². The van der Waals surface area contributed by atoms with Crippen molar-refractivity contribution in [2.75, 3.05) is 0 Å². The Morgan fingerprint density at radius 1 is 1.18 bits per heavy atom. The van der Waals surface area contributed by atoms with Crippen molar-refractivity contribution in [1.29, 1.82) is 0 Å². The van der Waals surface area contributed by atoms with Crippen LogP contribution in [0.25, 0.3) is 0 Å². The van der Waals surface area contributed by atoms with Gasteiger partial charge in [-0.05, 0) is 37.1 Å². The highest BCUT2D eigenvalue weighted by atomic mass is 16.4. The van der Waals surface area contributed by atoms with Gasteiger partial charge in [-0.15, -0.1) is 0 Å². The fourth-order valence-corrected chi connectivity index (χ4v) is 2.23. The highest BCUT2D eigenvalue weighted by Crippen LogP contribution is 2.21. The lowest BCUT2D eigenvalue weighted by molar-refractivity contribution is -0.137. The number of amides is 1. The van der Waals surface area contributed by atoms with Crippen LogP contribution < -0.4 is 5.32 Å². The van der Waals surface area contributed by atoms with Crippen molar-refractivity contribution in [2.45, 2.75) is 26.3 Å². The molecule has 114 valence electrons. The Bertz CT molecular complexity index is 681. The van der Waals surface area contributed by atoms with Crippen molar-refractivity contribution in [3.8, 4) is 0 Å². The number of aromatic nitrogens is 1. The second-order valence-corrected chi connectivity index (χ2v) is 5.17. The van der Waals surface area contributed by atoms with Gasteiger partial charge in [-0.3, -0.25) is 14.6 Å². The van der Waals surface area contributed by atoms with Crippen LogP contribution in [-0.4, -0.2) is 22.0 Å². The monoisotopic (exact) mass is 298 g/mol. The number of hydrogen-bond donors (Lipinski definition) is 2. The quantitative estimate of drug-likeness (QED) is 0.889. The van der Waals surface area contributed by atoms with Crippen molar-refractivity contribution in [3.05, 3.63) is 65.0 Å². The smallest absolute Gasteiger partial charge is 0.305 e. The summed E-state index contributed by atoms with van der Waals surface area (Å²) in [5.74, 6) is -1.29. The van der Waals surface area contributed by atoms with Gasteiger partial charge in [0.2, 0.25) is 0 Å². The number of nitrogens with zero attached hydrogens (tertiary/aromatic N) is 1. The molecule has 5 nitrogen and oxygen atoms in total. The largest absolute Gasteiger partial charge is 0.481 e. The summed E-state index contributed by atoms with van der Waals surface area (Å²) in [5, 5.41) is 11.9. The molecule has 0 radical (unpaired) electrons. The number of aliphatic carboxylic acids is 1. The van der Waals surface area contributed by atoms with Crippen LogP contribution in [0.1, 0.15) is 39.6 Å². The lowest BCUT2D eigenvalue weighted by atomic mass is 9.98. The fraction of sp³-hybridized carbons (Fsp3) is 0.235. The molecule has 0 unspecified atom stereocenters. The molecule has 1 aromatic carbocycles. The number of nitrogens with one attached hydrogen (secondary N) is 1. The molecule has 5 heteroatoms. The van der Waals surface area contributed by atoms with Gasteiger partial charge >= 0.3 is 5.97 Å². The number of hydrogen-bond acceptors (Lipinski definition) is 3. The van der Waals surface area contributed by atoms with Crippen LogP contribution in [-0.2, 0) is 4.79 Å². The van der Waals surface area contributed by atoms with Gasteiger partial charge in [-0.25, -0.2) is 0 Å². The Hall–Kier alpha value is -2.69. The zero-order chi connectivity index (χ0) is 16.1. The number of benzene rings is 1. The lowest BCUT2D eigenvalue weighted by Gasteiger charge is -2.19. The molecule has 2 rings (SSSR count). The van der Waals surface area contributed by atoms with Gasteiger partial charge in [-0.1, -0.05) is 24.3 Å². The number of carboxylic acids is 1. The first-order valence-electron chi connectivity index (χ1n) is 6.98. The maximum atomic E-state index is 12.3. The van der Waals surface area contributed by atoms with Gasteiger partial charge in [-0.2, -0.15) is 0 Å². The topological polar surface area (TPSA) is 79.3 Å². The maximum absolute atomic E-state index is 12.3. The highest BCUT2D eigenvalue weighted by Gasteiger charge is 2.20. The zero-order valence-electron chi connectivity index (χ0n) is 12.5. The number of carbonyl (C=O) groups excluding carboxylic acids is 1. The molecule has 1 heterocycles. The standard InChI is InChI=1S/C17H18N2O3/c1-11-5-3-4-6-14(11)15(9-16(20)21)19-17(22)13-8-7-12(2)18-10-13/h3-8,10,15H,9H2,1-2H3,(H,19,22)(H,20,21)/t15-/m0/s1. The van der Waals surface area contributed by atoms with E-state index in [0.717, 1.165) is 16.8 Å². The van der Waals surface area contributed by atoms with Crippen LogP contribution in [0.3, 0.4) is 0 Å². The first-order chi connectivity index (χ1) is 10.5. The Labute approximate surface area is 129 Å². The molecule has 0 aliphatic carbocycles. The van der Waals surface area contributed by atoms with Crippen molar-refractivity contribution >= 4 is 11.9 Å². The number of carbonyl (C=O) groups is 2. The van der Waals surface area contributed by atoms with Crippen LogP contribution in [0, 0.1) is 13.8 Å². The molecule has 0 saturated carbocycles. The van der Waals surface area contributed by atoms with Crippen molar-refractivity contribution in [2.24, 2.45) is 0 Å². The minimum Gasteiger partial charge on any atom is -0.481 e. The molecule has 2 N–H and O–H groups in total. The Morgan fingerprint density at radius 3 is 2.50 bits per heavy atom. The summed E-state index contributed by atoms with van der Waals surface area (Å²) in [6.45, 7) is 3.73. The number of pyridine rings is 1. The second-order valence-electron chi connectivity index (χ2n) is 5.17. The molecular formula is C17H18N2O3. The maximum Gasteiger partial charge on any atom is 0.305 e.